The van der Waals surface area contributed by atoms with E-state index in [0.717, 1.165) is 39.2 Å². The molecule has 3 aromatic rings. The quantitative estimate of drug-likeness (QED) is 0.707. The van der Waals surface area contributed by atoms with Crippen LogP contribution in [-0.2, 0) is 13.1 Å². The van der Waals surface area contributed by atoms with Gasteiger partial charge in [0.1, 0.15) is 0 Å². The van der Waals surface area contributed by atoms with Crippen LogP contribution in [0.2, 0.25) is 0 Å². The molecular formula is C21H22N4O3. The molecule has 0 saturated carbocycles. The van der Waals surface area contributed by atoms with E-state index in [0.29, 0.717) is 6.54 Å². The highest BCUT2D eigenvalue weighted by Crippen LogP contribution is 2.33. The average molecular weight is 378 g/mol. The van der Waals surface area contributed by atoms with E-state index in [1.807, 2.05) is 43.5 Å². The van der Waals surface area contributed by atoms with Gasteiger partial charge in [-0.05, 0) is 24.6 Å². The number of rotatable bonds is 5. The zero-order valence-corrected chi connectivity index (χ0v) is 15.8. The molecule has 2 N–H and O–H groups in total. The van der Waals surface area contributed by atoms with Gasteiger partial charge in [-0.3, -0.25) is 14.5 Å². The van der Waals surface area contributed by atoms with Gasteiger partial charge in [0.15, 0.2) is 0 Å². The molecular weight excluding hydrogens is 356 g/mol. The van der Waals surface area contributed by atoms with E-state index in [4.69, 9.17) is 10.1 Å². The minimum absolute atomic E-state index is 0.0249. The van der Waals surface area contributed by atoms with Crippen LogP contribution >= 0.6 is 0 Å². The van der Waals surface area contributed by atoms with E-state index in [-0.39, 0.29) is 19.1 Å². The van der Waals surface area contributed by atoms with Crippen LogP contribution in [0.3, 0.4) is 0 Å². The van der Waals surface area contributed by atoms with Crippen LogP contribution in [0.5, 0.6) is 0 Å². The second-order valence-corrected chi connectivity index (χ2v) is 7.17. The average Bonchev–Trinajstić information content (AvgIpc) is 3.26. The Morgan fingerprint density at radius 3 is 2.79 bits per heavy atom. The summed E-state index contributed by atoms with van der Waals surface area (Å²) in [6, 6.07) is 9.82. The lowest BCUT2D eigenvalue weighted by atomic mass is 9.98. The maximum Gasteiger partial charge on any atom is 0.254 e. The third kappa shape index (κ3) is 3.30. The molecule has 0 aliphatic carbocycles. The van der Waals surface area contributed by atoms with Crippen LogP contribution in [0.1, 0.15) is 21.6 Å². The summed E-state index contributed by atoms with van der Waals surface area (Å²) in [5.74, 6) is 0.0249. The second-order valence-electron chi connectivity index (χ2n) is 7.17. The van der Waals surface area contributed by atoms with E-state index in [2.05, 4.69) is 5.10 Å². The van der Waals surface area contributed by atoms with Crippen LogP contribution < -0.4 is 0 Å². The molecule has 1 amide bonds. The Morgan fingerprint density at radius 2 is 2.00 bits per heavy atom. The molecule has 3 heterocycles. The molecule has 0 spiro atoms. The fourth-order valence-electron chi connectivity index (χ4n) is 3.48. The third-order valence-electron chi connectivity index (χ3n) is 4.96. The van der Waals surface area contributed by atoms with E-state index in [1.165, 1.54) is 0 Å². The van der Waals surface area contributed by atoms with Crippen molar-refractivity contribution in [1.29, 1.82) is 0 Å². The Bertz CT molecular complexity index is 1040. The number of aryl methyl sites for hydroxylation is 1. The molecule has 1 aliphatic heterocycles. The molecule has 1 atom stereocenters. The number of aromatic nitrogens is 3. The summed E-state index contributed by atoms with van der Waals surface area (Å²) in [5.41, 5.74) is 6.04. The largest absolute Gasteiger partial charge is 0.394 e. The summed E-state index contributed by atoms with van der Waals surface area (Å²) in [6.07, 6.45) is 2.68. The van der Waals surface area contributed by atoms with E-state index in [1.54, 1.807) is 22.8 Å². The van der Waals surface area contributed by atoms with Crippen LogP contribution in [0.15, 0.2) is 42.7 Å². The van der Waals surface area contributed by atoms with Crippen LogP contribution in [0.4, 0.5) is 0 Å². The molecule has 7 nitrogen and oxygen atoms in total. The van der Waals surface area contributed by atoms with Gasteiger partial charge in [0, 0.05) is 47.7 Å². The molecule has 1 aliphatic rings. The number of carbonyl (C=O) groups is 1. The van der Waals surface area contributed by atoms with Crippen molar-refractivity contribution in [2.45, 2.75) is 26.1 Å². The van der Waals surface area contributed by atoms with Crippen molar-refractivity contribution in [1.82, 2.24) is 19.7 Å². The standard InChI is InChI=1S/C21H22N4O3/c1-13-3-6-18(16-8-22-25(10-16)11-17(27)12-26)20(23-13)14-4-5-15-9-24(2)21(28)19(15)7-14/h3-8,10,17,26-27H,9,11-12H2,1-2H3. The van der Waals surface area contributed by atoms with E-state index < -0.39 is 6.10 Å². The van der Waals surface area contributed by atoms with Crippen molar-refractivity contribution < 1.29 is 15.0 Å². The van der Waals surface area contributed by atoms with Gasteiger partial charge in [-0.1, -0.05) is 18.2 Å². The van der Waals surface area contributed by atoms with Crippen molar-refractivity contribution in [3.63, 3.8) is 0 Å². The SMILES string of the molecule is Cc1ccc(-c2cnn(CC(O)CO)c2)c(-c2ccc3c(c2)C(=O)N(C)C3)n1. The Hall–Kier alpha value is -3.03. The highest BCUT2D eigenvalue weighted by molar-refractivity contribution is 5.99. The smallest absolute Gasteiger partial charge is 0.254 e. The van der Waals surface area contributed by atoms with Gasteiger partial charge in [0.25, 0.3) is 5.91 Å². The summed E-state index contributed by atoms with van der Waals surface area (Å²) >= 11 is 0. The Labute approximate surface area is 162 Å². The number of hydrogen-bond donors (Lipinski definition) is 2. The van der Waals surface area contributed by atoms with Crippen LogP contribution in [-0.4, -0.2) is 55.5 Å². The van der Waals surface area contributed by atoms with E-state index >= 15 is 0 Å². The second kappa shape index (κ2) is 7.18. The molecule has 1 unspecified atom stereocenters. The molecule has 2 aromatic heterocycles. The molecule has 0 bridgehead atoms. The van der Waals surface area contributed by atoms with Gasteiger partial charge in [-0.2, -0.15) is 5.10 Å². The van der Waals surface area contributed by atoms with E-state index in [9.17, 15) is 9.90 Å². The first kappa shape index (κ1) is 18.3. The van der Waals surface area contributed by atoms with Crippen LogP contribution in [0.25, 0.3) is 22.4 Å². The van der Waals surface area contributed by atoms with Crippen molar-refractivity contribution in [2.24, 2.45) is 0 Å². The highest BCUT2D eigenvalue weighted by atomic mass is 16.3. The Morgan fingerprint density at radius 1 is 1.18 bits per heavy atom. The Kier molecular flexibility index (Phi) is 4.70. The minimum atomic E-state index is -0.858. The first-order valence-electron chi connectivity index (χ1n) is 9.14. The zero-order chi connectivity index (χ0) is 19.8. The van der Waals surface area contributed by atoms with Crippen LogP contribution in [0, 0.1) is 6.92 Å². The molecule has 4 rings (SSSR count). The highest BCUT2D eigenvalue weighted by Gasteiger charge is 2.25. The summed E-state index contributed by atoms with van der Waals surface area (Å²) < 4.78 is 1.60. The maximum absolute atomic E-state index is 12.4. The number of carbonyl (C=O) groups excluding carboxylic acids is 1. The lowest BCUT2D eigenvalue weighted by Crippen LogP contribution is -2.19. The number of fused-ring (bicyclic) bond motifs is 1. The lowest BCUT2D eigenvalue weighted by molar-refractivity contribution is 0.0782. The molecule has 1 aromatic carbocycles. The molecule has 144 valence electrons. The molecule has 0 saturated heterocycles. The topological polar surface area (TPSA) is 91.5 Å². The van der Waals surface area contributed by atoms with Gasteiger partial charge in [-0.15, -0.1) is 0 Å². The Balaban J connectivity index is 1.76. The third-order valence-corrected chi connectivity index (χ3v) is 4.96. The van der Waals surface area contributed by atoms with Gasteiger partial charge >= 0.3 is 0 Å². The summed E-state index contributed by atoms with van der Waals surface area (Å²) in [4.78, 5) is 18.8. The van der Waals surface area contributed by atoms with Gasteiger partial charge in [-0.25, -0.2) is 0 Å². The zero-order valence-electron chi connectivity index (χ0n) is 15.8. The summed E-state index contributed by atoms with van der Waals surface area (Å²) in [5, 5.41) is 22.9. The predicted molar refractivity (Wildman–Crippen MR) is 105 cm³/mol. The number of amides is 1. The maximum atomic E-state index is 12.4. The monoisotopic (exact) mass is 378 g/mol. The fourth-order valence-corrected chi connectivity index (χ4v) is 3.48. The van der Waals surface area contributed by atoms with Crippen molar-refractivity contribution in [2.75, 3.05) is 13.7 Å². The number of hydrogen-bond acceptors (Lipinski definition) is 5. The molecule has 0 fully saturated rings. The predicted octanol–water partition coefficient (Wildman–Crippen LogP) is 1.86. The first-order chi connectivity index (χ1) is 13.5. The first-order valence-corrected chi connectivity index (χ1v) is 9.14. The molecule has 0 radical (unpaired) electrons. The molecule has 7 heteroatoms. The number of aliphatic hydroxyl groups excluding tert-OH is 2. The molecule has 28 heavy (non-hydrogen) atoms. The fraction of sp³-hybridized carbons (Fsp3) is 0.286. The van der Waals surface area contributed by atoms with Crippen molar-refractivity contribution in [3.8, 4) is 22.4 Å². The number of aliphatic hydroxyl groups is 2. The van der Waals surface area contributed by atoms with Crippen molar-refractivity contribution in [3.05, 3.63) is 59.5 Å². The number of pyridine rings is 1. The summed E-state index contributed by atoms with van der Waals surface area (Å²) in [7, 11) is 1.80. The number of benzene rings is 1. The minimum Gasteiger partial charge on any atom is -0.394 e. The van der Waals surface area contributed by atoms with Gasteiger partial charge in [0.05, 0.1) is 31.1 Å². The van der Waals surface area contributed by atoms with Crippen molar-refractivity contribution >= 4 is 5.91 Å². The normalized spacial score (nSPS) is 14.4. The van der Waals surface area contributed by atoms with Gasteiger partial charge in [0.2, 0.25) is 0 Å². The van der Waals surface area contributed by atoms with Gasteiger partial charge < -0.3 is 15.1 Å². The number of nitrogens with zero attached hydrogens (tertiary/aromatic N) is 4. The lowest BCUT2D eigenvalue weighted by Gasteiger charge is -2.10. The summed E-state index contributed by atoms with van der Waals surface area (Å²) in [6.45, 7) is 2.46.